The molecule has 0 aromatic heterocycles. The quantitative estimate of drug-likeness (QED) is 0.861. The first-order valence-electron chi connectivity index (χ1n) is 7.48. The lowest BCUT2D eigenvalue weighted by Gasteiger charge is -2.25. The molecule has 3 heteroatoms. The van der Waals surface area contributed by atoms with E-state index in [0.717, 1.165) is 17.5 Å². The fraction of sp³-hybridized carbons (Fsp3) is 0.316. The van der Waals surface area contributed by atoms with Gasteiger partial charge >= 0.3 is 5.97 Å². The summed E-state index contributed by atoms with van der Waals surface area (Å²) in [6.45, 7) is 6.23. The molecule has 2 aromatic rings. The third-order valence-electron chi connectivity index (χ3n) is 4.32. The zero-order chi connectivity index (χ0) is 16.3. The summed E-state index contributed by atoms with van der Waals surface area (Å²) in [5.74, 6) is -1.23. The van der Waals surface area contributed by atoms with Crippen LogP contribution in [0.1, 0.15) is 54.2 Å². The Morgan fingerprint density at radius 1 is 1.14 bits per heavy atom. The Balaban J connectivity index is 2.54. The standard InChI is InChI=1S/C19H22O3/c1-4-19(2,3)15-11-14(10-13-8-6-5-7-9-13)17(20)16(12-15)18(21)22/h5-9,11-12,20H,4,10H2,1-3H3,(H,21,22). The minimum absolute atomic E-state index is 0.0232. The van der Waals surface area contributed by atoms with Crippen molar-refractivity contribution in [2.45, 2.75) is 39.0 Å². The Morgan fingerprint density at radius 2 is 1.77 bits per heavy atom. The Bertz CT molecular complexity index is 673. The van der Waals surface area contributed by atoms with E-state index in [4.69, 9.17) is 0 Å². The Labute approximate surface area is 131 Å². The van der Waals surface area contributed by atoms with Crippen molar-refractivity contribution in [3.8, 4) is 5.75 Å². The van der Waals surface area contributed by atoms with E-state index in [1.165, 1.54) is 0 Å². The van der Waals surface area contributed by atoms with Crippen LogP contribution in [0, 0.1) is 0 Å². The van der Waals surface area contributed by atoms with Crippen molar-refractivity contribution in [2.75, 3.05) is 0 Å². The van der Waals surface area contributed by atoms with E-state index in [2.05, 4.69) is 20.8 Å². The summed E-state index contributed by atoms with van der Waals surface area (Å²) >= 11 is 0. The molecule has 0 saturated carbocycles. The number of phenols is 1. The average molecular weight is 298 g/mol. The summed E-state index contributed by atoms with van der Waals surface area (Å²) < 4.78 is 0. The molecule has 0 heterocycles. The van der Waals surface area contributed by atoms with Gasteiger partial charge in [-0.15, -0.1) is 0 Å². The van der Waals surface area contributed by atoms with E-state index in [-0.39, 0.29) is 16.7 Å². The summed E-state index contributed by atoms with van der Waals surface area (Å²) in [6, 6.07) is 13.3. The molecule has 0 aliphatic carbocycles. The zero-order valence-corrected chi connectivity index (χ0v) is 13.3. The van der Waals surface area contributed by atoms with E-state index >= 15 is 0 Å². The summed E-state index contributed by atoms with van der Waals surface area (Å²) in [7, 11) is 0. The second-order valence-electron chi connectivity index (χ2n) is 6.24. The minimum atomic E-state index is -1.10. The van der Waals surface area contributed by atoms with Crippen LogP contribution in [0.5, 0.6) is 5.75 Å². The van der Waals surface area contributed by atoms with E-state index in [1.54, 1.807) is 6.07 Å². The Morgan fingerprint density at radius 3 is 2.32 bits per heavy atom. The van der Waals surface area contributed by atoms with E-state index in [9.17, 15) is 15.0 Å². The molecule has 0 aliphatic rings. The number of carboxylic acids is 1. The number of benzene rings is 2. The van der Waals surface area contributed by atoms with Crippen molar-refractivity contribution in [2.24, 2.45) is 0 Å². The largest absolute Gasteiger partial charge is 0.507 e. The highest BCUT2D eigenvalue weighted by molar-refractivity contribution is 5.91. The van der Waals surface area contributed by atoms with Gasteiger partial charge in [-0.25, -0.2) is 4.79 Å². The molecule has 0 aliphatic heterocycles. The van der Waals surface area contributed by atoms with Gasteiger partial charge < -0.3 is 10.2 Å². The molecular formula is C19H22O3. The molecule has 3 nitrogen and oxygen atoms in total. The average Bonchev–Trinajstić information content (AvgIpc) is 2.49. The van der Waals surface area contributed by atoms with Gasteiger partial charge in [0, 0.05) is 6.42 Å². The maximum atomic E-state index is 11.4. The van der Waals surface area contributed by atoms with Gasteiger partial charge in [-0.2, -0.15) is 0 Å². The van der Waals surface area contributed by atoms with Crippen LogP contribution in [0.25, 0.3) is 0 Å². The second-order valence-corrected chi connectivity index (χ2v) is 6.24. The van der Waals surface area contributed by atoms with Crippen LogP contribution in [0.3, 0.4) is 0 Å². The van der Waals surface area contributed by atoms with Gasteiger partial charge in [-0.1, -0.05) is 57.2 Å². The predicted molar refractivity (Wildman–Crippen MR) is 87.6 cm³/mol. The lowest BCUT2D eigenvalue weighted by molar-refractivity contribution is 0.0693. The normalized spacial score (nSPS) is 11.4. The number of carboxylic acid groups (broad SMARTS) is 1. The molecule has 2 rings (SSSR count). The number of aromatic carboxylic acids is 1. The van der Waals surface area contributed by atoms with Crippen molar-refractivity contribution in [1.29, 1.82) is 0 Å². The monoisotopic (exact) mass is 298 g/mol. The number of carbonyl (C=O) groups is 1. The molecule has 0 bridgehead atoms. The molecular weight excluding hydrogens is 276 g/mol. The van der Waals surface area contributed by atoms with Gasteiger partial charge in [-0.3, -0.25) is 0 Å². The van der Waals surface area contributed by atoms with Crippen molar-refractivity contribution >= 4 is 5.97 Å². The highest BCUT2D eigenvalue weighted by Crippen LogP contribution is 2.34. The molecule has 0 unspecified atom stereocenters. The van der Waals surface area contributed by atoms with Crippen LogP contribution < -0.4 is 0 Å². The molecule has 0 atom stereocenters. The van der Waals surface area contributed by atoms with Gasteiger partial charge in [0.2, 0.25) is 0 Å². The van der Waals surface area contributed by atoms with Gasteiger partial charge in [0.15, 0.2) is 0 Å². The number of hydrogen-bond acceptors (Lipinski definition) is 2. The molecule has 0 fully saturated rings. The first-order chi connectivity index (χ1) is 10.3. The number of rotatable bonds is 5. The lowest BCUT2D eigenvalue weighted by Crippen LogP contribution is -2.17. The molecule has 0 spiro atoms. The van der Waals surface area contributed by atoms with E-state index in [0.29, 0.717) is 12.0 Å². The van der Waals surface area contributed by atoms with Crippen molar-refractivity contribution in [1.82, 2.24) is 0 Å². The summed E-state index contributed by atoms with van der Waals surface area (Å²) in [5, 5.41) is 19.7. The molecule has 0 amide bonds. The van der Waals surface area contributed by atoms with Crippen LogP contribution in [-0.4, -0.2) is 16.2 Å². The molecule has 22 heavy (non-hydrogen) atoms. The van der Waals surface area contributed by atoms with Crippen LogP contribution >= 0.6 is 0 Å². The van der Waals surface area contributed by atoms with E-state index in [1.807, 2.05) is 36.4 Å². The summed E-state index contributed by atoms with van der Waals surface area (Å²) in [4.78, 5) is 11.4. The topological polar surface area (TPSA) is 57.5 Å². The third kappa shape index (κ3) is 3.30. The van der Waals surface area contributed by atoms with Crippen molar-refractivity contribution in [3.05, 3.63) is 64.7 Å². The smallest absolute Gasteiger partial charge is 0.339 e. The fourth-order valence-electron chi connectivity index (χ4n) is 2.40. The number of aromatic hydroxyl groups is 1. The zero-order valence-electron chi connectivity index (χ0n) is 13.3. The minimum Gasteiger partial charge on any atom is -0.507 e. The SMILES string of the molecule is CCC(C)(C)c1cc(Cc2ccccc2)c(O)c(C(=O)O)c1. The summed E-state index contributed by atoms with van der Waals surface area (Å²) in [5.41, 5.74) is 2.48. The Hall–Kier alpha value is -2.29. The van der Waals surface area contributed by atoms with Gasteiger partial charge in [0.25, 0.3) is 0 Å². The molecule has 116 valence electrons. The van der Waals surface area contributed by atoms with Crippen LogP contribution in [0.15, 0.2) is 42.5 Å². The van der Waals surface area contributed by atoms with Crippen molar-refractivity contribution in [3.63, 3.8) is 0 Å². The van der Waals surface area contributed by atoms with Gasteiger partial charge in [0.05, 0.1) is 0 Å². The maximum Gasteiger partial charge on any atom is 0.339 e. The third-order valence-corrected chi connectivity index (χ3v) is 4.32. The van der Waals surface area contributed by atoms with Gasteiger partial charge in [-0.05, 0) is 34.6 Å². The second kappa shape index (κ2) is 6.22. The van der Waals surface area contributed by atoms with E-state index < -0.39 is 5.97 Å². The molecule has 2 aromatic carbocycles. The first kappa shape index (κ1) is 16.1. The Kier molecular flexibility index (Phi) is 4.55. The summed E-state index contributed by atoms with van der Waals surface area (Å²) in [6.07, 6.45) is 1.40. The van der Waals surface area contributed by atoms with Gasteiger partial charge in [0.1, 0.15) is 11.3 Å². The molecule has 0 radical (unpaired) electrons. The highest BCUT2D eigenvalue weighted by Gasteiger charge is 2.23. The fourth-order valence-corrected chi connectivity index (χ4v) is 2.40. The number of hydrogen-bond donors (Lipinski definition) is 2. The van der Waals surface area contributed by atoms with Crippen LogP contribution in [0.4, 0.5) is 0 Å². The van der Waals surface area contributed by atoms with Crippen LogP contribution in [-0.2, 0) is 11.8 Å². The van der Waals surface area contributed by atoms with Crippen molar-refractivity contribution < 1.29 is 15.0 Å². The predicted octanol–water partition coefficient (Wildman–Crippen LogP) is 4.37. The molecule has 2 N–H and O–H groups in total. The van der Waals surface area contributed by atoms with Crippen LogP contribution in [0.2, 0.25) is 0 Å². The molecule has 0 saturated heterocycles. The lowest BCUT2D eigenvalue weighted by atomic mass is 9.80. The maximum absolute atomic E-state index is 11.4. The first-order valence-corrected chi connectivity index (χ1v) is 7.48. The highest BCUT2D eigenvalue weighted by atomic mass is 16.4.